The van der Waals surface area contributed by atoms with Crippen molar-refractivity contribution in [2.75, 3.05) is 23.7 Å². The number of nitrogens with zero attached hydrogens (tertiary/aromatic N) is 1. The Hall–Kier alpha value is -1.10. The van der Waals surface area contributed by atoms with E-state index in [1.54, 1.807) is 0 Å². The fraction of sp³-hybridized carbons (Fsp3) is 0.400. The van der Waals surface area contributed by atoms with Gasteiger partial charge in [0.05, 0.1) is 5.75 Å². The van der Waals surface area contributed by atoms with Crippen LogP contribution in [-0.4, -0.2) is 27.3 Å². The van der Waals surface area contributed by atoms with Crippen LogP contribution in [0.3, 0.4) is 0 Å². The lowest BCUT2D eigenvalue weighted by molar-refractivity contribution is 0.551. The first kappa shape index (κ1) is 10.4. The molecule has 0 aromatic heterocycles. The van der Waals surface area contributed by atoms with E-state index in [0.29, 0.717) is 0 Å². The Bertz CT molecular complexity index is 458. The van der Waals surface area contributed by atoms with Gasteiger partial charge in [0, 0.05) is 18.8 Å². The molecule has 0 aliphatic carbocycles. The lowest BCUT2D eigenvalue weighted by Crippen LogP contribution is -2.26. The molecule has 0 N–H and O–H groups in total. The molecule has 15 heavy (non-hydrogen) atoms. The highest BCUT2D eigenvalue weighted by molar-refractivity contribution is 7.86. The monoisotopic (exact) mass is 229 g/mol. The van der Waals surface area contributed by atoms with E-state index < -0.39 is 16.0 Å². The Kier molecular flexibility index (Phi) is 2.65. The number of halogens is 1. The summed E-state index contributed by atoms with van der Waals surface area (Å²) >= 11 is 0. The normalized spacial score (nSPS) is 15.4. The van der Waals surface area contributed by atoms with Crippen LogP contribution in [0.25, 0.3) is 0 Å². The summed E-state index contributed by atoms with van der Waals surface area (Å²) in [5, 5.41) is 0. The highest BCUT2D eigenvalue weighted by Gasteiger charge is 2.19. The summed E-state index contributed by atoms with van der Waals surface area (Å²) in [6, 6.07) is 7.81. The van der Waals surface area contributed by atoms with Gasteiger partial charge in [-0.25, -0.2) is 0 Å². The summed E-state index contributed by atoms with van der Waals surface area (Å²) in [5.41, 5.74) is 2.23. The molecule has 0 unspecified atom stereocenters. The molecule has 1 aliphatic rings. The number of para-hydroxylation sites is 1. The van der Waals surface area contributed by atoms with Crippen LogP contribution in [0, 0.1) is 0 Å². The summed E-state index contributed by atoms with van der Waals surface area (Å²) in [6.45, 7) is 1.00. The molecule has 1 aromatic rings. The van der Waals surface area contributed by atoms with E-state index in [4.69, 9.17) is 0 Å². The van der Waals surface area contributed by atoms with E-state index in [0.717, 1.165) is 18.7 Å². The number of benzene rings is 1. The van der Waals surface area contributed by atoms with Crippen molar-refractivity contribution < 1.29 is 12.3 Å². The maximum absolute atomic E-state index is 12.4. The van der Waals surface area contributed by atoms with Gasteiger partial charge in [0.2, 0.25) is 0 Å². The fourth-order valence-corrected chi connectivity index (χ4v) is 2.30. The lowest BCUT2D eigenvalue weighted by atomic mass is 10.2. The first-order valence-corrected chi connectivity index (χ1v) is 6.37. The zero-order valence-corrected chi connectivity index (χ0v) is 9.00. The van der Waals surface area contributed by atoms with Gasteiger partial charge in [0.25, 0.3) is 0 Å². The smallest absolute Gasteiger partial charge is 0.304 e. The van der Waals surface area contributed by atoms with Gasteiger partial charge in [0.1, 0.15) is 0 Å². The van der Waals surface area contributed by atoms with Crippen LogP contribution in [0.1, 0.15) is 5.56 Å². The molecule has 82 valence electrons. The van der Waals surface area contributed by atoms with Gasteiger partial charge in [-0.15, -0.1) is 3.89 Å². The zero-order valence-electron chi connectivity index (χ0n) is 8.19. The molecule has 2 rings (SSSR count). The minimum atomic E-state index is -4.36. The van der Waals surface area contributed by atoms with Crippen LogP contribution in [0.5, 0.6) is 0 Å². The Morgan fingerprint density at radius 2 is 2.07 bits per heavy atom. The molecule has 1 aliphatic heterocycles. The molecule has 0 fully saturated rings. The molecule has 0 amide bonds. The van der Waals surface area contributed by atoms with E-state index in [1.165, 1.54) is 5.56 Å². The van der Waals surface area contributed by atoms with E-state index in [1.807, 2.05) is 29.2 Å². The third-order valence-corrected chi connectivity index (χ3v) is 3.26. The van der Waals surface area contributed by atoms with E-state index in [-0.39, 0.29) is 6.54 Å². The van der Waals surface area contributed by atoms with Crippen LogP contribution in [0.2, 0.25) is 0 Å². The SMILES string of the molecule is O=S(=O)(F)CCN1CCc2ccccc21. The molecule has 0 atom stereocenters. The molecule has 1 heterocycles. The van der Waals surface area contributed by atoms with Crippen molar-refractivity contribution in [3.63, 3.8) is 0 Å². The summed E-state index contributed by atoms with van der Waals surface area (Å²) in [7, 11) is -4.36. The molecule has 3 nitrogen and oxygen atoms in total. The molecule has 1 aromatic carbocycles. The number of fused-ring (bicyclic) bond motifs is 1. The molecular weight excluding hydrogens is 217 g/mol. The lowest BCUT2D eigenvalue weighted by Gasteiger charge is -2.17. The highest BCUT2D eigenvalue weighted by atomic mass is 32.3. The second-order valence-electron chi connectivity index (χ2n) is 3.61. The average Bonchev–Trinajstić information content (AvgIpc) is 2.57. The largest absolute Gasteiger partial charge is 0.370 e. The van der Waals surface area contributed by atoms with Crippen LogP contribution < -0.4 is 4.90 Å². The van der Waals surface area contributed by atoms with Crippen molar-refractivity contribution in [1.82, 2.24) is 0 Å². The Balaban J connectivity index is 2.08. The first-order chi connectivity index (χ1) is 7.06. The van der Waals surface area contributed by atoms with Crippen molar-refractivity contribution in [2.24, 2.45) is 0 Å². The second-order valence-corrected chi connectivity index (χ2v) is 5.09. The van der Waals surface area contributed by atoms with E-state index >= 15 is 0 Å². The van der Waals surface area contributed by atoms with Gasteiger partial charge in [-0.3, -0.25) is 0 Å². The number of rotatable bonds is 3. The minimum Gasteiger partial charge on any atom is -0.370 e. The highest BCUT2D eigenvalue weighted by Crippen LogP contribution is 2.26. The van der Waals surface area contributed by atoms with Crippen LogP contribution in [-0.2, 0) is 16.6 Å². The standard InChI is InChI=1S/C10H12FNO2S/c11-15(13,14)8-7-12-6-5-9-3-1-2-4-10(9)12/h1-4H,5-8H2. The molecule has 0 spiro atoms. The molecule has 0 saturated carbocycles. The molecule has 0 saturated heterocycles. The van der Waals surface area contributed by atoms with E-state index in [9.17, 15) is 12.3 Å². The Morgan fingerprint density at radius 3 is 2.80 bits per heavy atom. The molecule has 5 heteroatoms. The predicted octanol–water partition coefficient (Wildman–Crippen LogP) is 1.35. The predicted molar refractivity (Wildman–Crippen MR) is 57.3 cm³/mol. The maximum atomic E-state index is 12.4. The van der Waals surface area contributed by atoms with Gasteiger partial charge in [-0.1, -0.05) is 18.2 Å². The van der Waals surface area contributed by atoms with Gasteiger partial charge >= 0.3 is 10.2 Å². The van der Waals surface area contributed by atoms with Crippen LogP contribution >= 0.6 is 0 Å². The van der Waals surface area contributed by atoms with Gasteiger partial charge in [0.15, 0.2) is 0 Å². The Labute approximate surface area is 88.7 Å². The fourth-order valence-electron chi connectivity index (χ4n) is 1.86. The average molecular weight is 229 g/mol. The maximum Gasteiger partial charge on any atom is 0.304 e. The summed E-state index contributed by atoms with van der Waals surface area (Å²) in [4.78, 5) is 1.91. The van der Waals surface area contributed by atoms with Crippen molar-refractivity contribution in [2.45, 2.75) is 6.42 Å². The molecular formula is C10H12FNO2S. The van der Waals surface area contributed by atoms with Gasteiger partial charge in [-0.2, -0.15) is 8.42 Å². The van der Waals surface area contributed by atoms with Gasteiger partial charge in [-0.05, 0) is 18.1 Å². The van der Waals surface area contributed by atoms with Crippen molar-refractivity contribution in [3.8, 4) is 0 Å². The minimum absolute atomic E-state index is 0.232. The first-order valence-electron chi connectivity index (χ1n) is 4.81. The summed E-state index contributed by atoms with van der Waals surface area (Å²) in [5.74, 6) is -0.429. The van der Waals surface area contributed by atoms with Crippen molar-refractivity contribution in [1.29, 1.82) is 0 Å². The third-order valence-electron chi connectivity index (χ3n) is 2.59. The summed E-state index contributed by atoms with van der Waals surface area (Å²) < 4.78 is 33.2. The van der Waals surface area contributed by atoms with E-state index in [2.05, 4.69) is 0 Å². The second kappa shape index (κ2) is 3.81. The quantitative estimate of drug-likeness (QED) is 0.734. The number of hydrogen-bond acceptors (Lipinski definition) is 3. The number of anilines is 1. The topological polar surface area (TPSA) is 37.4 Å². The molecule has 0 radical (unpaired) electrons. The zero-order chi connectivity index (χ0) is 10.9. The third kappa shape index (κ3) is 2.47. The van der Waals surface area contributed by atoms with Crippen molar-refractivity contribution in [3.05, 3.63) is 29.8 Å². The summed E-state index contributed by atoms with van der Waals surface area (Å²) in [6.07, 6.45) is 0.905. The Morgan fingerprint density at radius 1 is 1.33 bits per heavy atom. The van der Waals surface area contributed by atoms with Gasteiger partial charge < -0.3 is 4.90 Å². The van der Waals surface area contributed by atoms with Crippen LogP contribution in [0.15, 0.2) is 24.3 Å². The van der Waals surface area contributed by atoms with Crippen molar-refractivity contribution >= 4 is 15.9 Å². The molecule has 0 bridgehead atoms. The van der Waals surface area contributed by atoms with Crippen LogP contribution in [0.4, 0.5) is 9.57 Å². The number of hydrogen-bond donors (Lipinski definition) is 0.